The molecule has 0 atom stereocenters. The molecule has 0 spiro atoms. The predicted octanol–water partition coefficient (Wildman–Crippen LogP) is 2.10. The van der Waals surface area contributed by atoms with Crippen molar-refractivity contribution in [2.24, 2.45) is 0 Å². The van der Waals surface area contributed by atoms with Gasteiger partial charge in [0.2, 0.25) is 0 Å². The number of halogens is 1. The molecule has 0 saturated heterocycles. The molecule has 1 aromatic carbocycles. The number of benzene rings is 1. The van der Waals surface area contributed by atoms with Gasteiger partial charge in [0.15, 0.2) is 9.84 Å². The first-order valence-electron chi connectivity index (χ1n) is 4.14. The van der Waals surface area contributed by atoms with E-state index in [2.05, 4.69) is 0 Å². The number of sulfone groups is 1. The Morgan fingerprint density at radius 1 is 1.29 bits per heavy atom. The minimum absolute atomic E-state index is 0.178. The highest BCUT2D eigenvalue weighted by Crippen LogP contribution is 2.23. The Labute approximate surface area is 88.8 Å². The number of rotatable bonds is 2. The molecule has 0 aliphatic heterocycles. The normalized spacial score (nSPS) is 12.0. The van der Waals surface area contributed by atoms with E-state index in [0.29, 0.717) is 10.7 Å². The SMILES string of the molecule is CC(C)S(=O)(=O)c1cc(N)cc(Cl)c1. The second kappa shape index (κ2) is 3.79. The van der Waals surface area contributed by atoms with Crippen LogP contribution in [0.2, 0.25) is 5.02 Å². The van der Waals surface area contributed by atoms with E-state index in [1.165, 1.54) is 18.2 Å². The van der Waals surface area contributed by atoms with E-state index in [1.807, 2.05) is 0 Å². The first kappa shape index (κ1) is 11.3. The Morgan fingerprint density at radius 3 is 2.29 bits per heavy atom. The molecule has 14 heavy (non-hydrogen) atoms. The summed E-state index contributed by atoms with van der Waals surface area (Å²) in [5.74, 6) is 0. The van der Waals surface area contributed by atoms with Gasteiger partial charge < -0.3 is 5.73 Å². The van der Waals surface area contributed by atoms with Crippen molar-refractivity contribution < 1.29 is 8.42 Å². The molecule has 0 unspecified atom stereocenters. The van der Waals surface area contributed by atoms with E-state index < -0.39 is 15.1 Å². The van der Waals surface area contributed by atoms with Crippen molar-refractivity contribution in [2.45, 2.75) is 24.0 Å². The van der Waals surface area contributed by atoms with Gasteiger partial charge in [0.25, 0.3) is 0 Å². The first-order valence-corrected chi connectivity index (χ1v) is 6.06. The van der Waals surface area contributed by atoms with Crippen LogP contribution in [0.3, 0.4) is 0 Å². The molecule has 78 valence electrons. The number of nitrogens with two attached hydrogens (primary N) is 1. The van der Waals surface area contributed by atoms with Gasteiger partial charge in [0.1, 0.15) is 0 Å². The van der Waals surface area contributed by atoms with Crippen LogP contribution in [0.5, 0.6) is 0 Å². The summed E-state index contributed by atoms with van der Waals surface area (Å²) >= 11 is 5.72. The molecule has 3 nitrogen and oxygen atoms in total. The fourth-order valence-corrected chi connectivity index (χ4v) is 2.46. The number of hydrogen-bond acceptors (Lipinski definition) is 3. The van der Waals surface area contributed by atoms with E-state index in [4.69, 9.17) is 17.3 Å². The van der Waals surface area contributed by atoms with Gasteiger partial charge in [0, 0.05) is 10.7 Å². The summed E-state index contributed by atoms with van der Waals surface area (Å²) in [5, 5.41) is -0.135. The van der Waals surface area contributed by atoms with Gasteiger partial charge in [-0.2, -0.15) is 0 Å². The average Bonchev–Trinajstić information content (AvgIpc) is 2.01. The molecule has 1 rings (SSSR count). The predicted molar refractivity (Wildman–Crippen MR) is 58.2 cm³/mol. The lowest BCUT2D eigenvalue weighted by Gasteiger charge is -2.08. The van der Waals surface area contributed by atoms with Crippen LogP contribution < -0.4 is 5.73 Å². The van der Waals surface area contributed by atoms with Crippen molar-refractivity contribution in [3.8, 4) is 0 Å². The zero-order valence-electron chi connectivity index (χ0n) is 7.99. The highest BCUT2D eigenvalue weighted by Gasteiger charge is 2.19. The van der Waals surface area contributed by atoms with Gasteiger partial charge in [-0.3, -0.25) is 0 Å². The largest absolute Gasteiger partial charge is 0.399 e. The van der Waals surface area contributed by atoms with Crippen LogP contribution in [-0.4, -0.2) is 13.7 Å². The molecule has 0 amide bonds. The zero-order chi connectivity index (χ0) is 10.9. The van der Waals surface area contributed by atoms with Crippen LogP contribution in [0.15, 0.2) is 23.1 Å². The van der Waals surface area contributed by atoms with Crippen LogP contribution in [0.1, 0.15) is 13.8 Å². The van der Waals surface area contributed by atoms with Crippen molar-refractivity contribution in [3.63, 3.8) is 0 Å². The molecular formula is C9H12ClNO2S. The third-order valence-corrected chi connectivity index (χ3v) is 4.19. The van der Waals surface area contributed by atoms with E-state index in [-0.39, 0.29) is 4.90 Å². The average molecular weight is 234 g/mol. The van der Waals surface area contributed by atoms with E-state index in [1.54, 1.807) is 13.8 Å². The molecule has 0 saturated carbocycles. The minimum Gasteiger partial charge on any atom is -0.399 e. The standard InChI is InChI=1S/C9H12ClNO2S/c1-6(2)14(12,13)9-4-7(10)3-8(11)5-9/h3-6H,11H2,1-2H3. The molecule has 0 heterocycles. The number of nitrogen functional groups attached to an aromatic ring is 1. The molecule has 0 aromatic heterocycles. The molecule has 2 N–H and O–H groups in total. The molecule has 1 aromatic rings. The van der Waals surface area contributed by atoms with Crippen LogP contribution >= 0.6 is 11.6 Å². The van der Waals surface area contributed by atoms with Gasteiger partial charge in [-0.15, -0.1) is 0 Å². The second-order valence-electron chi connectivity index (χ2n) is 3.31. The summed E-state index contributed by atoms with van der Waals surface area (Å²) in [5.41, 5.74) is 5.87. The topological polar surface area (TPSA) is 60.2 Å². The minimum atomic E-state index is -3.29. The Kier molecular flexibility index (Phi) is 3.07. The Bertz CT molecular complexity index is 420. The van der Waals surface area contributed by atoms with Crippen LogP contribution in [0, 0.1) is 0 Å². The summed E-state index contributed by atoms with van der Waals surface area (Å²) < 4.78 is 23.4. The lowest BCUT2D eigenvalue weighted by molar-refractivity contribution is 0.587. The van der Waals surface area contributed by atoms with Crippen molar-refractivity contribution in [2.75, 3.05) is 5.73 Å². The molecule has 0 aliphatic rings. The number of anilines is 1. The Morgan fingerprint density at radius 2 is 1.86 bits per heavy atom. The van der Waals surface area contributed by atoms with E-state index in [0.717, 1.165) is 0 Å². The van der Waals surface area contributed by atoms with Crippen molar-refractivity contribution in [1.29, 1.82) is 0 Å². The summed E-state index contributed by atoms with van der Waals surface area (Å²) in [6.07, 6.45) is 0. The van der Waals surface area contributed by atoms with Gasteiger partial charge in [-0.05, 0) is 32.0 Å². The third-order valence-electron chi connectivity index (χ3n) is 1.84. The molecule has 5 heteroatoms. The van der Waals surface area contributed by atoms with Crippen LogP contribution in [0.25, 0.3) is 0 Å². The van der Waals surface area contributed by atoms with Crippen molar-refractivity contribution >= 4 is 27.1 Å². The van der Waals surface area contributed by atoms with Crippen LogP contribution in [0.4, 0.5) is 5.69 Å². The van der Waals surface area contributed by atoms with E-state index >= 15 is 0 Å². The summed E-state index contributed by atoms with van der Waals surface area (Å²) in [6, 6.07) is 4.34. The van der Waals surface area contributed by atoms with Gasteiger partial charge >= 0.3 is 0 Å². The highest BCUT2D eigenvalue weighted by atomic mass is 35.5. The molecule has 0 aliphatic carbocycles. The van der Waals surface area contributed by atoms with Gasteiger partial charge in [-0.1, -0.05) is 11.6 Å². The van der Waals surface area contributed by atoms with Crippen molar-refractivity contribution in [3.05, 3.63) is 23.2 Å². The maximum Gasteiger partial charge on any atom is 0.180 e. The fourth-order valence-electron chi connectivity index (χ4n) is 1.02. The fraction of sp³-hybridized carbons (Fsp3) is 0.333. The molecule has 0 bridgehead atoms. The highest BCUT2D eigenvalue weighted by molar-refractivity contribution is 7.92. The third kappa shape index (κ3) is 2.19. The first-order chi connectivity index (χ1) is 6.34. The molecule has 0 radical (unpaired) electrons. The Hall–Kier alpha value is -0.740. The zero-order valence-corrected chi connectivity index (χ0v) is 9.56. The van der Waals surface area contributed by atoms with Gasteiger partial charge in [0.05, 0.1) is 10.1 Å². The second-order valence-corrected chi connectivity index (χ2v) is 6.25. The maximum absolute atomic E-state index is 11.7. The molecular weight excluding hydrogens is 222 g/mol. The summed E-state index contributed by atoms with van der Waals surface area (Å²) in [4.78, 5) is 0.178. The summed E-state index contributed by atoms with van der Waals surface area (Å²) in [7, 11) is -3.29. The molecule has 0 fully saturated rings. The summed E-state index contributed by atoms with van der Waals surface area (Å²) in [6.45, 7) is 3.23. The van der Waals surface area contributed by atoms with Gasteiger partial charge in [-0.25, -0.2) is 8.42 Å². The van der Waals surface area contributed by atoms with Crippen LogP contribution in [-0.2, 0) is 9.84 Å². The quantitative estimate of drug-likeness (QED) is 0.796. The monoisotopic (exact) mass is 233 g/mol. The smallest absolute Gasteiger partial charge is 0.180 e. The maximum atomic E-state index is 11.7. The lowest BCUT2D eigenvalue weighted by atomic mass is 10.3. The Balaban J connectivity index is 3.34. The van der Waals surface area contributed by atoms with Crippen molar-refractivity contribution in [1.82, 2.24) is 0 Å². The van der Waals surface area contributed by atoms with E-state index in [9.17, 15) is 8.42 Å². The lowest BCUT2D eigenvalue weighted by Crippen LogP contribution is -2.14. The number of hydrogen-bond donors (Lipinski definition) is 1.